The molecule has 6 aromatic carbocycles. The minimum atomic E-state index is 0. The number of anilines is 4. The molecule has 0 saturated carbocycles. The van der Waals surface area contributed by atoms with E-state index in [0.717, 1.165) is 28.3 Å². The Hall–Kier alpha value is -5.48. The predicted molar refractivity (Wildman–Crippen MR) is 190 cm³/mol. The molecule has 1 aliphatic rings. The molecule has 0 fully saturated rings. The van der Waals surface area contributed by atoms with Gasteiger partial charge in [0.15, 0.2) is 0 Å². The van der Waals surface area contributed by atoms with Crippen molar-refractivity contribution in [3.05, 3.63) is 177 Å². The van der Waals surface area contributed by atoms with Gasteiger partial charge in [-0.15, -0.1) is 59.7 Å². The van der Waals surface area contributed by atoms with Crippen LogP contribution in [0.4, 0.5) is 22.7 Å². The summed E-state index contributed by atoms with van der Waals surface area (Å²) in [7, 11) is 0. The van der Waals surface area contributed by atoms with Crippen LogP contribution in [0.1, 0.15) is 0 Å². The number of benzene rings is 6. The van der Waals surface area contributed by atoms with Gasteiger partial charge in [-0.25, -0.2) is 0 Å². The second-order valence-corrected chi connectivity index (χ2v) is 11.3. The minimum Gasteiger partial charge on any atom is -0.493 e. The third-order valence-electron chi connectivity index (χ3n) is 8.72. The van der Waals surface area contributed by atoms with Gasteiger partial charge in [0.25, 0.3) is 0 Å². The van der Waals surface area contributed by atoms with E-state index in [1.165, 1.54) is 43.8 Å². The van der Waals surface area contributed by atoms with Gasteiger partial charge in [0.1, 0.15) is 0 Å². The third kappa shape index (κ3) is 4.83. The standard InChI is InChI=1S/C31H19N3.C11H8N.Ir/c1-2-9-21(10-3-1)32-20-33(29-16-7-6-15-28(29)32)22-17-18-24-26-13-8-12-25-23-11-4-5-14-27(23)34(31(25)26)30(24)19-22;1-2-6-10(7-3-1)11-8-4-5-9-12-11;/h1-16,18-20H;1-6,8-9H;/q-2;-1;+3. The largest absolute Gasteiger partial charge is 3.00 e. The summed E-state index contributed by atoms with van der Waals surface area (Å²) in [5.41, 5.74) is 10.3. The molecule has 47 heavy (non-hydrogen) atoms. The number of fused-ring (bicyclic) bond motifs is 7. The van der Waals surface area contributed by atoms with Crippen LogP contribution < -0.4 is 9.80 Å². The van der Waals surface area contributed by atoms with Crippen molar-refractivity contribution in [2.75, 3.05) is 9.80 Å². The van der Waals surface area contributed by atoms with Crippen LogP contribution in [-0.2, 0) is 20.1 Å². The van der Waals surface area contributed by atoms with Gasteiger partial charge in [0, 0.05) is 39.5 Å². The van der Waals surface area contributed by atoms with Crippen LogP contribution in [0, 0.1) is 18.8 Å². The molecule has 0 atom stereocenters. The van der Waals surface area contributed by atoms with Gasteiger partial charge in [-0.05, 0) is 47.5 Å². The molecule has 0 radical (unpaired) electrons. The Morgan fingerprint density at radius 2 is 1.26 bits per heavy atom. The minimum absolute atomic E-state index is 0. The number of pyridine rings is 1. The molecule has 0 unspecified atom stereocenters. The molecular weight excluding hydrogens is 753 g/mol. The summed E-state index contributed by atoms with van der Waals surface area (Å²) < 4.78 is 2.42. The van der Waals surface area contributed by atoms with Gasteiger partial charge >= 0.3 is 20.1 Å². The first-order valence-electron chi connectivity index (χ1n) is 15.4. The van der Waals surface area contributed by atoms with Crippen molar-refractivity contribution in [1.82, 2.24) is 9.38 Å². The van der Waals surface area contributed by atoms with Crippen molar-refractivity contribution in [3.63, 3.8) is 0 Å². The summed E-state index contributed by atoms with van der Waals surface area (Å²) in [6.07, 6.45) is 1.79. The van der Waals surface area contributed by atoms with Crippen molar-refractivity contribution in [2.24, 2.45) is 0 Å². The van der Waals surface area contributed by atoms with Crippen molar-refractivity contribution < 1.29 is 20.1 Å². The topological polar surface area (TPSA) is 23.8 Å². The van der Waals surface area contributed by atoms with E-state index in [2.05, 4.69) is 147 Å². The van der Waals surface area contributed by atoms with Crippen molar-refractivity contribution in [1.29, 1.82) is 0 Å². The summed E-state index contributed by atoms with van der Waals surface area (Å²) in [5, 5.41) is 5.12. The van der Waals surface area contributed by atoms with Crippen LogP contribution in [0.3, 0.4) is 0 Å². The molecule has 3 aromatic heterocycles. The maximum Gasteiger partial charge on any atom is 3.00 e. The van der Waals surface area contributed by atoms with E-state index in [4.69, 9.17) is 0 Å². The van der Waals surface area contributed by atoms with E-state index in [9.17, 15) is 0 Å². The normalized spacial score (nSPS) is 12.3. The van der Waals surface area contributed by atoms with Gasteiger partial charge in [-0.2, -0.15) is 12.1 Å². The number of aromatic nitrogens is 2. The number of rotatable bonds is 3. The third-order valence-corrected chi connectivity index (χ3v) is 8.72. The molecule has 0 saturated heterocycles. The van der Waals surface area contributed by atoms with Crippen LogP contribution in [0.5, 0.6) is 0 Å². The van der Waals surface area contributed by atoms with Crippen molar-refractivity contribution >= 4 is 60.8 Å². The molecular formula is C42H27IrN4. The molecule has 4 nitrogen and oxygen atoms in total. The zero-order valence-electron chi connectivity index (χ0n) is 25.2. The van der Waals surface area contributed by atoms with Crippen LogP contribution >= 0.6 is 0 Å². The predicted octanol–water partition coefficient (Wildman–Crippen LogP) is 10.6. The van der Waals surface area contributed by atoms with Crippen LogP contribution in [0.25, 0.3) is 49.4 Å². The maximum atomic E-state index is 4.22. The zero-order valence-corrected chi connectivity index (χ0v) is 27.6. The molecule has 9 aromatic rings. The smallest absolute Gasteiger partial charge is 0.493 e. The molecule has 5 heteroatoms. The van der Waals surface area contributed by atoms with E-state index in [-0.39, 0.29) is 20.1 Å². The molecule has 4 heterocycles. The van der Waals surface area contributed by atoms with E-state index >= 15 is 0 Å². The zero-order chi connectivity index (χ0) is 30.5. The van der Waals surface area contributed by atoms with Gasteiger partial charge < -0.3 is 19.2 Å². The average Bonchev–Trinajstić information content (AvgIpc) is 3.80. The molecule has 0 aliphatic carbocycles. The summed E-state index contributed by atoms with van der Waals surface area (Å²) in [6.45, 7) is 2.17. The average molecular weight is 780 g/mol. The molecule has 0 bridgehead atoms. The molecule has 0 amide bonds. The second kappa shape index (κ2) is 12.0. The van der Waals surface area contributed by atoms with Crippen LogP contribution in [-0.4, -0.2) is 9.38 Å². The van der Waals surface area contributed by atoms with E-state index in [1.807, 2.05) is 42.5 Å². The Bertz CT molecular complexity index is 2420. The first kappa shape index (κ1) is 29.0. The fraction of sp³-hybridized carbons (Fsp3) is 0. The Kier molecular flexibility index (Phi) is 7.41. The van der Waals surface area contributed by atoms with Crippen LogP contribution in [0.15, 0.2) is 158 Å². The monoisotopic (exact) mass is 780 g/mol. The number of nitrogens with zero attached hydrogens (tertiary/aromatic N) is 4. The van der Waals surface area contributed by atoms with E-state index in [1.54, 1.807) is 6.20 Å². The maximum absolute atomic E-state index is 4.22. The summed E-state index contributed by atoms with van der Waals surface area (Å²) in [4.78, 5) is 8.71. The number of para-hydroxylation sites is 5. The Morgan fingerprint density at radius 3 is 2.04 bits per heavy atom. The summed E-state index contributed by atoms with van der Waals surface area (Å²) >= 11 is 0. The Labute approximate surface area is 286 Å². The number of hydrogen-bond donors (Lipinski definition) is 0. The first-order valence-corrected chi connectivity index (χ1v) is 15.4. The second-order valence-electron chi connectivity index (χ2n) is 11.3. The van der Waals surface area contributed by atoms with E-state index in [0.29, 0.717) is 0 Å². The van der Waals surface area contributed by atoms with E-state index < -0.39 is 0 Å². The molecule has 10 rings (SSSR count). The van der Waals surface area contributed by atoms with Gasteiger partial charge in [-0.1, -0.05) is 84.4 Å². The Balaban J connectivity index is 0.000000212. The fourth-order valence-electron chi connectivity index (χ4n) is 6.67. The summed E-state index contributed by atoms with van der Waals surface area (Å²) in [5.74, 6) is 0. The van der Waals surface area contributed by atoms with Crippen molar-refractivity contribution in [2.45, 2.75) is 0 Å². The van der Waals surface area contributed by atoms with Gasteiger partial charge in [0.05, 0.1) is 5.52 Å². The Morgan fingerprint density at radius 1 is 0.553 bits per heavy atom. The van der Waals surface area contributed by atoms with Gasteiger partial charge in [-0.3, -0.25) is 0 Å². The molecule has 224 valence electrons. The quantitative estimate of drug-likeness (QED) is 0.167. The van der Waals surface area contributed by atoms with Crippen molar-refractivity contribution in [3.8, 4) is 11.3 Å². The summed E-state index contributed by atoms with van der Waals surface area (Å²) in [6, 6.07) is 59.2. The SMILES string of the molecule is [Ir+3].[c-]1cc2c3cccc4c5ccccc5n(c2cc1N1[CH-]N(c2ccccc2)c2ccccc21)c43.[c-]1ccccc1-c1ccccn1. The fourth-order valence-corrected chi connectivity index (χ4v) is 6.67. The molecule has 0 spiro atoms. The van der Waals surface area contributed by atoms with Crippen LogP contribution in [0.2, 0.25) is 0 Å². The first-order chi connectivity index (χ1) is 22.8. The number of hydrogen-bond acceptors (Lipinski definition) is 3. The molecule has 0 N–H and O–H groups in total. The van der Waals surface area contributed by atoms with Gasteiger partial charge in [0.2, 0.25) is 0 Å². The molecule has 1 aliphatic heterocycles.